The van der Waals surface area contributed by atoms with Gasteiger partial charge in [-0.25, -0.2) is 13.1 Å². The number of hydrogen-bond donors (Lipinski definition) is 1. The predicted octanol–water partition coefficient (Wildman–Crippen LogP) is 1.16. The summed E-state index contributed by atoms with van der Waals surface area (Å²) >= 11 is 0. The molecule has 1 aromatic rings. The second-order valence-corrected chi connectivity index (χ2v) is 4.96. The minimum absolute atomic E-state index is 0.0361. The van der Waals surface area contributed by atoms with E-state index in [4.69, 9.17) is 0 Å². The predicted molar refractivity (Wildman–Crippen MR) is 58.0 cm³/mol. The van der Waals surface area contributed by atoms with Crippen molar-refractivity contribution in [2.75, 3.05) is 5.75 Å². The molecule has 0 fully saturated rings. The first-order chi connectivity index (χ1) is 7.05. The van der Waals surface area contributed by atoms with E-state index in [0.29, 0.717) is 12.0 Å². The van der Waals surface area contributed by atoms with Crippen molar-refractivity contribution in [1.29, 1.82) is 0 Å². The number of rotatable bonds is 4. The van der Waals surface area contributed by atoms with Crippen molar-refractivity contribution in [1.82, 2.24) is 4.72 Å². The van der Waals surface area contributed by atoms with E-state index >= 15 is 0 Å². The van der Waals surface area contributed by atoms with Gasteiger partial charge < -0.3 is 0 Å². The summed E-state index contributed by atoms with van der Waals surface area (Å²) in [4.78, 5) is 11.4. The summed E-state index contributed by atoms with van der Waals surface area (Å²) in [7, 11) is -3.48. The van der Waals surface area contributed by atoms with Gasteiger partial charge in [0.05, 0.1) is 5.75 Å². The summed E-state index contributed by atoms with van der Waals surface area (Å²) in [5.74, 6) is -0.616. The van der Waals surface area contributed by atoms with Crippen LogP contribution in [0.1, 0.15) is 23.7 Å². The molecule has 1 amide bonds. The first-order valence-electron chi connectivity index (χ1n) is 4.65. The van der Waals surface area contributed by atoms with Gasteiger partial charge in [-0.15, -0.1) is 0 Å². The molecular weight excluding hydrogens is 214 g/mol. The molecule has 0 bridgehead atoms. The zero-order valence-corrected chi connectivity index (χ0v) is 9.25. The van der Waals surface area contributed by atoms with Crippen LogP contribution in [0, 0.1) is 0 Å². The van der Waals surface area contributed by atoms with Crippen molar-refractivity contribution < 1.29 is 13.2 Å². The summed E-state index contributed by atoms with van der Waals surface area (Å²) in [5, 5.41) is 0. The van der Waals surface area contributed by atoms with Gasteiger partial charge in [-0.3, -0.25) is 4.79 Å². The molecule has 0 spiro atoms. The molecule has 0 radical (unpaired) electrons. The molecule has 4 nitrogen and oxygen atoms in total. The van der Waals surface area contributed by atoms with Crippen molar-refractivity contribution in [2.24, 2.45) is 0 Å². The van der Waals surface area contributed by atoms with E-state index in [1.165, 1.54) is 0 Å². The minimum atomic E-state index is -3.48. The first kappa shape index (κ1) is 11.7. The largest absolute Gasteiger partial charge is 0.268 e. The second-order valence-electron chi connectivity index (χ2n) is 3.12. The van der Waals surface area contributed by atoms with Crippen LogP contribution in [0.4, 0.5) is 0 Å². The van der Waals surface area contributed by atoms with E-state index in [9.17, 15) is 13.2 Å². The molecule has 0 aliphatic rings. The van der Waals surface area contributed by atoms with E-state index in [1.807, 2.05) is 4.72 Å². The Kier molecular flexibility index (Phi) is 3.85. The zero-order valence-electron chi connectivity index (χ0n) is 8.43. The lowest BCUT2D eigenvalue weighted by Crippen LogP contribution is -2.32. The first-order valence-corrected chi connectivity index (χ1v) is 6.30. The standard InChI is InChI=1S/C10H13NO3S/c1-2-8-15(13,14)11-10(12)9-6-4-3-5-7-9/h3-7H,2,8H2,1H3,(H,11,12). The molecule has 0 aromatic heterocycles. The van der Waals surface area contributed by atoms with E-state index in [-0.39, 0.29) is 5.75 Å². The van der Waals surface area contributed by atoms with Crippen LogP contribution in [0.25, 0.3) is 0 Å². The lowest BCUT2D eigenvalue weighted by atomic mass is 10.2. The Morgan fingerprint density at radius 2 is 1.87 bits per heavy atom. The highest BCUT2D eigenvalue weighted by molar-refractivity contribution is 7.90. The molecule has 0 aliphatic carbocycles. The lowest BCUT2D eigenvalue weighted by Gasteiger charge is -2.04. The molecule has 1 rings (SSSR count). The maximum absolute atomic E-state index is 11.4. The second kappa shape index (κ2) is 4.93. The molecule has 82 valence electrons. The van der Waals surface area contributed by atoms with Crippen LogP contribution in [-0.2, 0) is 10.0 Å². The molecule has 0 atom stereocenters. The highest BCUT2D eigenvalue weighted by Crippen LogP contribution is 1.99. The summed E-state index contributed by atoms with van der Waals surface area (Å²) < 4.78 is 24.6. The van der Waals surface area contributed by atoms with Gasteiger partial charge in [0.15, 0.2) is 0 Å². The van der Waals surface area contributed by atoms with Crippen molar-refractivity contribution in [2.45, 2.75) is 13.3 Å². The molecule has 0 heterocycles. The quantitative estimate of drug-likeness (QED) is 0.839. The van der Waals surface area contributed by atoms with E-state index in [1.54, 1.807) is 37.3 Å². The Morgan fingerprint density at radius 3 is 2.40 bits per heavy atom. The maximum atomic E-state index is 11.4. The Labute approximate surface area is 89.4 Å². The molecule has 0 aliphatic heterocycles. The molecule has 0 unspecified atom stereocenters. The summed E-state index contributed by atoms with van der Waals surface area (Å²) in [6.45, 7) is 1.74. The fourth-order valence-corrected chi connectivity index (χ4v) is 2.15. The number of hydrogen-bond acceptors (Lipinski definition) is 3. The Balaban J connectivity index is 2.73. The van der Waals surface area contributed by atoms with Crippen LogP contribution in [-0.4, -0.2) is 20.1 Å². The smallest absolute Gasteiger partial charge is 0.264 e. The van der Waals surface area contributed by atoms with Gasteiger partial charge in [0.25, 0.3) is 5.91 Å². The highest BCUT2D eigenvalue weighted by atomic mass is 32.2. The van der Waals surface area contributed by atoms with Crippen LogP contribution >= 0.6 is 0 Å². The third-order valence-corrected chi connectivity index (χ3v) is 3.20. The lowest BCUT2D eigenvalue weighted by molar-refractivity contribution is 0.0981. The van der Waals surface area contributed by atoms with E-state index in [2.05, 4.69) is 0 Å². The van der Waals surface area contributed by atoms with Crippen LogP contribution in [0.2, 0.25) is 0 Å². The van der Waals surface area contributed by atoms with Crippen molar-refractivity contribution in [3.8, 4) is 0 Å². The third-order valence-electron chi connectivity index (χ3n) is 1.76. The topological polar surface area (TPSA) is 63.2 Å². The summed E-state index contributed by atoms with van der Waals surface area (Å²) in [6.07, 6.45) is 0.484. The molecule has 1 aromatic carbocycles. The zero-order chi connectivity index (χ0) is 11.3. The monoisotopic (exact) mass is 227 g/mol. The Morgan fingerprint density at radius 1 is 1.27 bits per heavy atom. The van der Waals surface area contributed by atoms with Gasteiger partial charge in [0.2, 0.25) is 10.0 Å². The fourth-order valence-electron chi connectivity index (χ4n) is 1.11. The van der Waals surface area contributed by atoms with Crippen LogP contribution in [0.15, 0.2) is 30.3 Å². The van der Waals surface area contributed by atoms with Gasteiger partial charge >= 0.3 is 0 Å². The van der Waals surface area contributed by atoms with Crippen molar-refractivity contribution in [3.05, 3.63) is 35.9 Å². The highest BCUT2D eigenvalue weighted by Gasteiger charge is 2.14. The Hall–Kier alpha value is -1.36. The van der Waals surface area contributed by atoms with Crippen molar-refractivity contribution >= 4 is 15.9 Å². The number of sulfonamides is 1. The average molecular weight is 227 g/mol. The molecular formula is C10H13NO3S. The third kappa shape index (κ3) is 3.71. The number of benzene rings is 1. The van der Waals surface area contributed by atoms with Gasteiger partial charge in [-0.1, -0.05) is 25.1 Å². The molecule has 0 saturated carbocycles. The van der Waals surface area contributed by atoms with Crippen LogP contribution in [0.3, 0.4) is 0 Å². The van der Waals surface area contributed by atoms with Gasteiger partial charge in [-0.05, 0) is 18.6 Å². The Bertz CT molecular complexity index is 425. The number of amides is 1. The minimum Gasteiger partial charge on any atom is -0.268 e. The van der Waals surface area contributed by atoms with Crippen LogP contribution in [0.5, 0.6) is 0 Å². The van der Waals surface area contributed by atoms with E-state index in [0.717, 1.165) is 0 Å². The van der Waals surface area contributed by atoms with Crippen LogP contribution < -0.4 is 4.72 Å². The molecule has 1 N–H and O–H groups in total. The number of carbonyl (C=O) groups is 1. The van der Waals surface area contributed by atoms with Gasteiger partial charge in [-0.2, -0.15) is 0 Å². The molecule has 15 heavy (non-hydrogen) atoms. The summed E-state index contributed by atoms with van der Waals surface area (Å²) in [5.41, 5.74) is 0.345. The SMILES string of the molecule is CCCS(=O)(=O)NC(=O)c1ccccc1. The average Bonchev–Trinajstić information content (AvgIpc) is 2.18. The summed E-state index contributed by atoms with van der Waals surface area (Å²) in [6, 6.07) is 8.26. The number of nitrogens with one attached hydrogen (secondary N) is 1. The molecule has 5 heteroatoms. The van der Waals surface area contributed by atoms with E-state index < -0.39 is 15.9 Å². The van der Waals surface area contributed by atoms with Crippen molar-refractivity contribution in [3.63, 3.8) is 0 Å². The van der Waals surface area contributed by atoms with Gasteiger partial charge in [0.1, 0.15) is 0 Å². The fraction of sp³-hybridized carbons (Fsp3) is 0.300. The van der Waals surface area contributed by atoms with Gasteiger partial charge in [0, 0.05) is 5.56 Å². The molecule has 0 saturated heterocycles. The normalized spacial score (nSPS) is 11.0. The maximum Gasteiger partial charge on any atom is 0.264 e. The number of carbonyl (C=O) groups excluding carboxylic acids is 1.